The predicted octanol–water partition coefficient (Wildman–Crippen LogP) is 5.56. The van der Waals surface area contributed by atoms with E-state index in [1.807, 2.05) is 12.1 Å². The van der Waals surface area contributed by atoms with Gasteiger partial charge in [-0.15, -0.1) is 0 Å². The van der Waals surface area contributed by atoms with Crippen molar-refractivity contribution in [2.45, 2.75) is 46.0 Å². The Hall–Kier alpha value is -2.60. The monoisotopic (exact) mass is 377 g/mol. The topological polar surface area (TPSA) is 29.1 Å². The third-order valence-electron chi connectivity index (χ3n) is 5.49. The number of amides is 1. The Morgan fingerprint density at radius 3 is 2.39 bits per heavy atom. The SMILES string of the molecule is CC(C)CC1(CNC(=O)c2ccc(C#Cc3ccccc3F)cc2)CCCC1. The lowest BCUT2D eigenvalue weighted by atomic mass is 9.78. The van der Waals surface area contributed by atoms with Gasteiger partial charge in [-0.2, -0.15) is 0 Å². The zero-order valence-electron chi connectivity index (χ0n) is 16.7. The van der Waals surface area contributed by atoms with Crippen LogP contribution in [-0.4, -0.2) is 12.5 Å². The van der Waals surface area contributed by atoms with E-state index in [-0.39, 0.29) is 17.1 Å². The lowest BCUT2D eigenvalue weighted by Crippen LogP contribution is -2.36. The van der Waals surface area contributed by atoms with Gasteiger partial charge in [0.25, 0.3) is 5.91 Å². The fourth-order valence-electron chi connectivity index (χ4n) is 4.22. The summed E-state index contributed by atoms with van der Waals surface area (Å²) in [5, 5.41) is 3.15. The van der Waals surface area contributed by atoms with Gasteiger partial charge >= 0.3 is 0 Å². The summed E-state index contributed by atoms with van der Waals surface area (Å²) in [4.78, 5) is 12.6. The molecule has 0 bridgehead atoms. The lowest BCUT2D eigenvalue weighted by Gasteiger charge is -2.31. The number of halogens is 1. The molecule has 0 spiro atoms. The number of hydrogen-bond acceptors (Lipinski definition) is 1. The Morgan fingerprint density at radius 2 is 1.75 bits per heavy atom. The second-order valence-electron chi connectivity index (χ2n) is 8.29. The first-order valence-electron chi connectivity index (χ1n) is 10.1. The molecule has 146 valence electrons. The molecule has 0 radical (unpaired) electrons. The maximum Gasteiger partial charge on any atom is 0.251 e. The van der Waals surface area contributed by atoms with E-state index < -0.39 is 0 Å². The molecule has 1 N–H and O–H groups in total. The second kappa shape index (κ2) is 9.06. The fraction of sp³-hybridized carbons (Fsp3) is 0.400. The van der Waals surface area contributed by atoms with Crippen LogP contribution in [0, 0.1) is 29.0 Å². The summed E-state index contributed by atoms with van der Waals surface area (Å²) in [5.74, 6) is 6.07. The van der Waals surface area contributed by atoms with E-state index in [1.165, 1.54) is 31.7 Å². The third kappa shape index (κ3) is 5.23. The van der Waals surface area contributed by atoms with E-state index >= 15 is 0 Å². The van der Waals surface area contributed by atoms with Crippen LogP contribution < -0.4 is 5.32 Å². The predicted molar refractivity (Wildman–Crippen MR) is 112 cm³/mol. The van der Waals surface area contributed by atoms with Crippen LogP contribution in [0.5, 0.6) is 0 Å². The van der Waals surface area contributed by atoms with Gasteiger partial charge in [0, 0.05) is 17.7 Å². The standard InChI is InChI=1S/C25H28FNO/c1-19(2)17-25(15-5-6-16-25)18-27-24(28)22-13-10-20(11-14-22)9-12-21-7-3-4-8-23(21)26/h3-4,7-8,10-11,13-14,19H,5-6,15-18H2,1-2H3,(H,27,28). The fourth-order valence-corrected chi connectivity index (χ4v) is 4.22. The summed E-state index contributed by atoms with van der Waals surface area (Å²) in [6.45, 7) is 5.25. The first-order chi connectivity index (χ1) is 13.5. The summed E-state index contributed by atoms with van der Waals surface area (Å²) in [5.41, 5.74) is 2.02. The van der Waals surface area contributed by atoms with Gasteiger partial charge in [0.1, 0.15) is 5.82 Å². The summed E-state index contributed by atoms with van der Waals surface area (Å²) < 4.78 is 13.6. The number of rotatable bonds is 5. The van der Waals surface area contributed by atoms with Gasteiger partial charge in [-0.05, 0) is 67.0 Å². The third-order valence-corrected chi connectivity index (χ3v) is 5.49. The molecule has 28 heavy (non-hydrogen) atoms. The summed E-state index contributed by atoms with van der Waals surface area (Å²) in [6, 6.07) is 13.6. The van der Waals surface area contributed by atoms with E-state index in [1.54, 1.807) is 30.3 Å². The Bertz CT molecular complexity index is 867. The quantitative estimate of drug-likeness (QED) is 0.679. The van der Waals surface area contributed by atoms with Crippen LogP contribution >= 0.6 is 0 Å². The van der Waals surface area contributed by atoms with Gasteiger partial charge in [-0.3, -0.25) is 4.79 Å². The molecule has 0 saturated heterocycles. The van der Waals surface area contributed by atoms with Gasteiger partial charge in [-0.25, -0.2) is 4.39 Å². The average Bonchev–Trinajstić information content (AvgIpc) is 3.14. The molecule has 0 atom stereocenters. The van der Waals surface area contributed by atoms with E-state index in [0.717, 1.165) is 18.5 Å². The Morgan fingerprint density at radius 1 is 1.07 bits per heavy atom. The van der Waals surface area contributed by atoms with Gasteiger partial charge in [0.15, 0.2) is 0 Å². The van der Waals surface area contributed by atoms with Crippen LogP contribution in [-0.2, 0) is 0 Å². The van der Waals surface area contributed by atoms with E-state index in [9.17, 15) is 9.18 Å². The number of carbonyl (C=O) groups excluding carboxylic acids is 1. The van der Waals surface area contributed by atoms with E-state index in [4.69, 9.17) is 0 Å². The largest absolute Gasteiger partial charge is 0.351 e. The summed E-state index contributed by atoms with van der Waals surface area (Å²) >= 11 is 0. The first kappa shape index (κ1) is 20.1. The van der Waals surface area contributed by atoms with Gasteiger partial charge in [0.2, 0.25) is 0 Å². The van der Waals surface area contributed by atoms with Crippen LogP contribution in [0.3, 0.4) is 0 Å². The average molecular weight is 378 g/mol. The highest BCUT2D eigenvalue weighted by molar-refractivity contribution is 5.94. The normalized spacial score (nSPS) is 15.1. The van der Waals surface area contributed by atoms with Crippen molar-refractivity contribution < 1.29 is 9.18 Å². The number of benzene rings is 2. The van der Waals surface area contributed by atoms with Crippen LogP contribution in [0.25, 0.3) is 0 Å². The Balaban J connectivity index is 1.62. The van der Waals surface area contributed by atoms with Crippen molar-refractivity contribution in [3.8, 4) is 11.8 Å². The molecule has 0 heterocycles. The molecule has 1 aliphatic carbocycles. The number of nitrogens with one attached hydrogen (secondary N) is 1. The van der Waals surface area contributed by atoms with Crippen LogP contribution in [0.4, 0.5) is 4.39 Å². The van der Waals surface area contributed by atoms with Gasteiger partial charge in [-0.1, -0.05) is 50.7 Å². The van der Waals surface area contributed by atoms with Crippen molar-refractivity contribution in [2.24, 2.45) is 11.3 Å². The number of hydrogen-bond donors (Lipinski definition) is 1. The minimum atomic E-state index is -0.326. The highest BCUT2D eigenvalue weighted by Gasteiger charge is 2.34. The van der Waals surface area contributed by atoms with Crippen molar-refractivity contribution >= 4 is 5.91 Å². The molecule has 1 aliphatic rings. The molecule has 1 fully saturated rings. The summed E-state index contributed by atoms with van der Waals surface area (Å²) in [7, 11) is 0. The Kier molecular flexibility index (Phi) is 6.52. The molecular formula is C25H28FNO. The highest BCUT2D eigenvalue weighted by atomic mass is 19.1. The smallest absolute Gasteiger partial charge is 0.251 e. The molecule has 0 aliphatic heterocycles. The minimum absolute atomic E-state index is 0.0383. The van der Waals surface area contributed by atoms with Crippen LogP contribution in [0.2, 0.25) is 0 Å². The zero-order valence-corrected chi connectivity index (χ0v) is 16.7. The molecule has 2 aromatic carbocycles. The van der Waals surface area contributed by atoms with Crippen molar-refractivity contribution in [3.05, 3.63) is 71.0 Å². The van der Waals surface area contributed by atoms with Crippen molar-refractivity contribution in [1.82, 2.24) is 5.32 Å². The van der Waals surface area contributed by atoms with Gasteiger partial charge in [0.05, 0.1) is 5.56 Å². The zero-order chi connectivity index (χ0) is 20.0. The molecule has 1 saturated carbocycles. The minimum Gasteiger partial charge on any atom is -0.351 e. The Labute approximate surface area is 167 Å². The van der Waals surface area contributed by atoms with E-state index in [0.29, 0.717) is 17.0 Å². The molecule has 3 heteroatoms. The highest BCUT2D eigenvalue weighted by Crippen LogP contribution is 2.42. The second-order valence-corrected chi connectivity index (χ2v) is 8.29. The van der Waals surface area contributed by atoms with E-state index in [2.05, 4.69) is 31.0 Å². The molecule has 1 amide bonds. The van der Waals surface area contributed by atoms with Crippen molar-refractivity contribution in [1.29, 1.82) is 0 Å². The lowest BCUT2D eigenvalue weighted by molar-refractivity contribution is 0.0922. The molecule has 2 nitrogen and oxygen atoms in total. The molecule has 3 rings (SSSR count). The number of carbonyl (C=O) groups is 1. The molecule has 0 aromatic heterocycles. The van der Waals surface area contributed by atoms with Crippen molar-refractivity contribution in [3.63, 3.8) is 0 Å². The molecule has 2 aromatic rings. The van der Waals surface area contributed by atoms with Crippen LogP contribution in [0.15, 0.2) is 48.5 Å². The molecular weight excluding hydrogens is 349 g/mol. The first-order valence-corrected chi connectivity index (χ1v) is 10.1. The molecule has 0 unspecified atom stereocenters. The maximum absolute atomic E-state index is 13.6. The van der Waals surface area contributed by atoms with Gasteiger partial charge < -0.3 is 5.32 Å². The van der Waals surface area contributed by atoms with Crippen molar-refractivity contribution in [2.75, 3.05) is 6.54 Å². The summed E-state index contributed by atoms with van der Waals surface area (Å²) in [6.07, 6.45) is 6.10. The maximum atomic E-state index is 13.6. The van der Waals surface area contributed by atoms with Crippen LogP contribution in [0.1, 0.15) is 67.4 Å².